The normalized spacial score (nSPS) is 17.9. The van der Waals surface area contributed by atoms with E-state index in [9.17, 15) is 18.0 Å². The van der Waals surface area contributed by atoms with Crippen molar-refractivity contribution in [2.24, 2.45) is 0 Å². The average Bonchev–Trinajstić information content (AvgIpc) is 3.51. The second-order valence-corrected chi connectivity index (χ2v) is 9.41. The fourth-order valence-corrected chi connectivity index (χ4v) is 5.13. The topological polar surface area (TPSA) is 93.2 Å². The molecule has 0 spiro atoms. The van der Waals surface area contributed by atoms with Crippen LogP contribution in [0.3, 0.4) is 0 Å². The molecule has 2 aliphatic rings. The molecule has 6 rings (SSSR count). The maximum Gasteiger partial charge on any atom is 0.417 e. The van der Waals surface area contributed by atoms with E-state index in [4.69, 9.17) is 9.47 Å². The van der Waals surface area contributed by atoms with Gasteiger partial charge in [0.25, 0.3) is 5.91 Å². The maximum absolute atomic E-state index is 13.7. The number of halogens is 3. The lowest BCUT2D eigenvalue weighted by Gasteiger charge is -2.35. The van der Waals surface area contributed by atoms with E-state index >= 15 is 0 Å². The number of nitrogens with one attached hydrogen (secondary N) is 1. The van der Waals surface area contributed by atoms with Gasteiger partial charge < -0.3 is 14.4 Å². The number of H-pyrrole nitrogens is 1. The minimum atomic E-state index is -4.53. The first kappa shape index (κ1) is 25.1. The van der Waals surface area contributed by atoms with Gasteiger partial charge in [-0.05, 0) is 42.7 Å². The number of hydrogen-bond acceptors (Lipinski definition) is 6. The van der Waals surface area contributed by atoms with Crippen molar-refractivity contribution in [3.63, 3.8) is 0 Å². The molecule has 1 unspecified atom stereocenters. The highest BCUT2D eigenvalue weighted by molar-refractivity contribution is 6.00. The van der Waals surface area contributed by atoms with Gasteiger partial charge in [-0.3, -0.25) is 19.9 Å². The highest BCUT2D eigenvalue weighted by Crippen LogP contribution is 2.45. The van der Waals surface area contributed by atoms with E-state index in [0.717, 1.165) is 17.8 Å². The van der Waals surface area contributed by atoms with Gasteiger partial charge >= 0.3 is 6.18 Å². The predicted molar refractivity (Wildman–Crippen MR) is 134 cm³/mol. The zero-order valence-corrected chi connectivity index (χ0v) is 20.7. The summed E-state index contributed by atoms with van der Waals surface area (Å²) in [6, 6.07) is 14.5. The molecule has 2 aliphatic heterocycles. The molecule has 1 atom stereocenters. The number of fused-ring (bicyclic) bond motifs is 1. The second kappa shape index (κ2) is 10.1. The second-order valence-electron chi connectivity index (χ2n) is 9.41. The molecule has 200 valence electrons. The van der Waals surface area contributed by atoms with Crippen LogP contribution >= 0.6 is 0 Å². The summed E-state index contributed by atoms with van der Waals surface area (Å²) < 4.78 is 51.4. The molecule has 39 heavy (non-hydrogen) atoms. The highest BCUT2D eigenvalue weighted by atomic mass is 19.4. The van der Waals surface area contributed by atoms with Crippen LogP contribution in [0.25, 0.3) is 11.4 Å². The van der Waals surface area contributed by atoms with Gasteiger partial charge in [-0.2, -0.15) is 18.3 Å². The van der Waals surface area contributed by atoms with Crippen LogP contribution in [0.5, 0.6) is 5.75 Å². The van der Waals surface area contributed by atoms with Crippen molar-refractivity contribution in [1.29, 1.82) is 0 Å². The van der Waals surface area contributed by atoms with Crippen molar-refractivity contribution in [1.82, 2.24) is 25.1 Å². The van der Waals surface area contributed by atoms with Gasteiger partial charge in [0, 0.05) is 37.2 Å². The number of rotatable bonds is 6. The molecular formula is C28H24F3N5O3. The summed E-state index contributed by atoms with van der Waals surface area (Å²) in [6.45, 7) is 1.26. The third kappa shape index (κ3) is 4.74. The van der Waals surface area contributed by atoms with Crippen LogP contribution in [-0.2, 0) is 17.5 Å². The van der Waals surface area contributed by atoms with Gasteiger partial charge in [-0.15, -0.1) is 0 Å². The molecule has 1 N–H and O–H groups in total. The Morgan fingerprint density at radius 1 is 1.00 bits per heavy atom. The molecule has 8 nitrogen and oxygen atoms in total. The number of aromatic amines is 1. The van der Waals surface area contributed by atoms with Gasteiger partial charge in [0.1, 0.15) is 35.5 Å². The largest absolute Gasteiger partial charge is 0.487 e. The number of carbonyl (C=O) groups excluding carboxylic acids is 1. The van der Waals surface area contributed by atoms with Crippen molar-refractivity contribution < 1.29 is 27.4 Å². The molecule has 0 aliphatic carbocycles. The average molecular weight is 536 g/mol. The molecule has 4 aromatic rings. The molecule has 3 aromatic heterocycles. The molecule has 1 saturated heterocycles. The number of alkyl halides is 3. The van der Waals surface area contributed by atoms with Crippen LogP contribution in [0, 0.1) is 0 Å². The summed E-state index contributed by atoms with van der Waals surface area (Å²) in [6.07, 6.45) is -0.919. The summed E-state index contributed by atoms with van der Waals surface area (Å²) >= 11 is 0. The first-order valence-electron chi connectivity index (χ1n) is 12.6. The summed E-state index contributed by atoms with van der Waals surface area (Å²) in [5.74, 6) is 0.178. The Hall–Kier alpha value is -4.25. The predicted octanol–water partition coefficient (Wildman–Crippen LogP) is 5.19. The fourth-order valence-electron chi connectivity index (χ4n) is 5.13. The fraction of sp³-hybridized carbons (Fsp3) is 0.286. The van der Waals surface area contributed by atoms with Crippen LogP contribution in [0.1, 0.15) is 51.8 Å². The molecule has 1 aromatic carbocycles. The Morgan fingerprint density at radius 2 is 1.79 bits per heavy atom. The minimum absolute atomic E-state index is 0.175. The van der Waals surface area contributed by atoms with Crippen LogP contribution in [0.4, 0.5) is 13.2 Å². The lowest BCUT2D eigenvalue weighted by Crippen LogP contribution is -2.42. The Balaban J connectivity index is 1.43. The van der Waals surface area contributed by atoms with Crippen molar-refractivity contribution >= 4 is 5.91 Å². The molecular weight excluding hydrogens is 511 g/mol. The van der Waals surface area contributed by atoms with Gasteiger partial charge in [-0.25, -0.2) is 0 Å². The van der Waals surface area contributed by atoms with E-state index in [0.29, 0.717) is 61.1 Å². The van der Waals surface area contributed by atoms with E-state index in [1.165, 1.54) is 6.07 Å². The van der Waals surface area contributed by atoms with Gasteiger partial charge in [0.05, 0.1) is 11.3 Å². The van der Waals surface area contributed by atoms with Crippen molar-refractivity contribution in [2.75, 3.05) is 13.2 Å². The Morgan fingerprint density at radius 3 is 2.51 bits per heavy atom. The third-order valence-electron chi connectivity index (χ3n) is 7.01. The zero-order chi connectivity index (χ0) is 27.0. The van der Waals surface area contributed by atoms with E-state index in [1.807, 2.05) is 30.3 Å². The lowest BCUT2D eigenvalue weighted by molar-refractivity contribution is -0.137. The quantitative estimate of drug-likeness (QED) is 0.365. The van der Waals surface area contributed by atoms with E-state index in [-0.39, 0.29) is 17.6 Å². The van der Waals surface area contributed by atoms with Crippen LogP contribution in [0.15, 0.2) is 67.0 Å². The van der Waals surface area contributed by atoms with Crippen LogP contribution < -0.4 is 4.74 Å². The molecule has 0 radical (unpaired) electrons. The number of hydrogen-bond donors (Lipinski definition) is 1. The van der Waals surface area contributed by atoms with Crippen molar-refractivity contribution in [3.8, 4) is 17.1 Å². The number of amides is 1. The van der Waals surface area contributed by atoms with Crippen molar-refractivity contribution in [3.05, 3.63) is 95.1 Å². The van der Waals surface area contributed by atoms with Gasteiger partial charge in [0.2, 0.25) is 0 Å². The Kier molecular flexibility index (Phi) is 6.51. The molecule has 1 fully saturated rings. The smallest absolute Gasteiger partial charge is 0.417 e. The van der Waals surface area contributed by atoms with Gasteiger partial charge in [0.15, 0.2) is 0 Å². The van der Waals surface area contributed by atoms with Crippen LogP contribution in [0.2, 0.25) is 0 Å². The summed E-state index contributed by atoms with van der Waals surface area (Å²) in [5.41, 5.74) is 2.01. The maximum atomic E-state index is 13.7. The molecule has 5 heterocycles. The zero-order valence-electron chi connectivity index (χ0n) is 20.7. The summed E-state index contributed by atoms with van der Waals surface area (Å²) in [5, 5.41) is 7.30. The third-order valence-corrected chi connectivity index (χ3v) is 7.01. The van der Waals surface area contributed by atoms with Crippen molar-refractivity contribution in [2.45, 2.75) is 37.7 Å². The monoisotopic (exact) mass is 535 g/mol. The first-order chi connectivity index (χ1) is 18.9. The number of benzene rings is 1. The van der Waals surface area contributed by atoms with Crippen LogP contribution in [-0.4, -0.2) is 50.2 Å². The highest BCUT2D eigenvalue weighted by Gasteiger charge is 2.47. The molecule has 0 bridgehead atoms. The number of ether oxygens (including phenoxy) is 2. The Bertz CT molecular complexity index is 1470. The number of aromatic nitrogens is 4. The summed E-state index contributed by atoms with van der Waals surface area (Å²) in [7, 11) is 0. The first-order valence-corrected chi connectivity index (χ1v) is 12.6. The van der Waals surface area contributed by atoms with E-state index < -0.39 is 17.8 Å². The molecule has 0 saturated carbocycles. The van der Waals surface area contributed by atoms with E-state index in [1.54, 1.807) is 23.2 Å². The number of carbonyl (C=O) groups is 1. The Labute approximate surface area is 221 Å². The minimum Gasteiger partial charge on any atom is -0.487 e. The van der Waals surface area contributed by atoms with E-state index in [2.05, 4.69) is 20.2 Å². The SMILES string of the molecule is O=C1c2[nH]nc(-c3ncccc3OCc3ccccc3)c2C(c2ccc(C(F)(F)F)cn2)N1C1CCOCC1. The molecule has 11 heteroatoms. The lowest BCUT2D eigenvalue weighted by atomic mass is 9.98. The molecule has 1 amide bonds. The standard InChI is InChI=1S/C28H24F3N5O3/c29-28(30,31)18-8-9-20(33-15-18)26-22-24(34-35-25(22)27(37)36(26)19-10-13-38-14-11-19)23-21(7-4-12-32-23)39-16-17-5-2-1-3-6-17/h1-9,12,15,19,26H,10-11,13-14,16H2,(H,34,35). The number of pyridine rings is 2. The summed E-state index contributed by atoms with van der Waals surface area (Å²) in [4.78, 5) is 24.1. The van der Waals surface area contributed by atoms with Gasteiger partial charge in [-0.1, -0.05) is 30.3 Å². The number of nitrogens with zero attached hydrogens (tertiary/aromatic N) is 4.